The molecule has 100 valence electrons. The lowest BCUT2D eigenvalue weighted by Gasteiger charge is -2.45. The van der Waals surface area contributed by atoms with Gasteiger partial charge in [0.15, 0.2) is 14.1 Å². The summed E-state index contributed by atoms with van der Waals surface area (Å²) in [6.07, 6.45) is 1.30. The van der Waals surface area contributed by atoms with Gasteiger partial charge in [-0.15, -0.1) is 0 Å². The largest absolute Gasteiger partial charge is 0.356 e. The van der Waals surface area contributed by atoms with Crippen molar-refractivity contribution in [3.63, 3.8) is 0 Å². The lowest BCUT2D eigenvalue weighted by Crippen LogP contribution is -2.57. The number of hydrogen-bond acceptors (Lipinski definition) is 4. The van der Waals surface area contributed by atoms with E-state index >= 15 is 0 Å². The quantitative estimate of drug-likeness (QED) is 0.345. The molecular formula is C13H17BN2O3. The van der Waals surface area contributed by atoms with Crippen molar-refractivity contribution in [1.29, 1.82) is 0 Å². The maximum Gasteiger partial charge on any atom is 0.258 e. The number of carbonyl (C=O) groups excluding carboxylic acids is 2. The molecule has 0 N–H and O–H groups in total. The van der Waals surface area contributed by atoms with Gasteiger partial charge < -0.3 is 9.55 Å². The SMILES string of the molecule is [B]N1C(C)C(C)=CC2(C)OC3C(=O)N(C)C(=O)C3C12. The van der Waals surface area contributed by atoms with Crippen LogP contribution in [0.3, 0.4) is 0 Å². The number of fused-ring (bicyclic) bond motifs is 3. The standard InChI is InChI=1S/C13H17BN2O3/c1-6-5-13(3)10(16(14)7(6)2)8-9(19-13)12(18)15(4)11(8)17/h5,7-10H,1-4H3. The van der Waals surface area contributed by atoms with Crippen molar-refractivity contribution >= 4 is 19.8 Å². The van der Waals surface area contributed by atoms with E-state index in [9.17, 15) is 9.59 Å². The summed E-state index contributed by atoms with van der Waals surface area (Å²) in [6, 6.07) is -0.258. The Kier molecular flexibility index (Phi) is 2.51. The van der Waals surface area contributed by atoms with Gasteiger partial charge in [-0.25, -0.2) is 0 Å². The highest BCUT2D eigenvalue weighted by Gasteiger charge is 2.64. The molecule has 5 nitrogen and oxygen atoms in total. The lowest BCUT2D eigenvalue weighted by molar-refractivity contribution is -0.145. The van der Waals surface area contributed by atoms with E-state index in [0.717, 1.165) is 10.5 Å². The molecule has 0 aromatic carbocycles. The molecule has 3 heterocycles. The zero-order chi connectivity index (χ0) is 14.1. The monoisotopic (exact) mass is 260 g/mol. The van der Waals surface area contributed by atoms with Crippen molar-refractivity contribution in [3.8, 4) is 0 Å². The van der Waals surface area contributed by atoms with Crippen LogP contribution in [0.15, 0.2) is 11.6 Å². The molecule has 0 bridgehead atoms. The number of carbonyl (C=O) groups is 2. The summed E-state index contributed by atoms with van der Waals surface area (Å²) in [5.41, 5.74) is 0.419. The molecule has 3 rings (SSSR count). The third-order valence-corrected chi connectivity index (χ3v) is 4.77. The lowest BCUT2D eigenvalue weighted by atomic mass is 9.78. The molecular weight excluding hydrogens is 243 g/mol. The van der Waals surface area contributed by atoms with Crippen LogP contribution in [0.5, 0.6) is 0 Å². The first-order valence-corrected chi connectivity index (χ1v) is 6.49. The molecule has 3 aliphatic heterocycles. The third-order valence-electron chi connectivity index (χ3n) is 4.77. The molecule has 0 saturated carbocycles. The van der Waals surface area contributed by atoms with Crippen LogP contribution in [0, 0.1) is 5.92 Å². The molecule has 2 radical (unpaired) electrons. The molecule has 5 atom stereocenters. The number of nitrogens with zero attached hydrogens (tertiary/aromatic N) is 2. The summed E-state index contributed by atoms with van der Waals surface area (Å²) in [4.78, 5) is 27.1. The van der Waals surface area contributed by atoms with Crippen LogP contribution >= 0.6 is 0 Å². The second-order valence-electron chi connectivity index (χ2n) is 5.94. The van der Waals surface area contributed by atoms with Crippen LogP contribution in [0.4, 0.5) is 0 Å². The summed E-state index contributed by atoms with van der Waals surface area (Å²) in [5.74, 6) is -0.962. The van der Waals surface area contributed by atoms with Gasteiger partial charge in [0.25, 0.3) is 5.91 Å². The Labute approximate surface area is 114 Å². The van der Waals surface area contributed by atoms with Crippen molar-refractivity contribution in [2.75, 3.05) is 7.05 Å². The molecule has 2 saturated heterocycles. The number of ether oxygens (including phenoxy) is 1. The van der Waals surface area contributed by atoms with Crippen molar-refractivity contribution < 1.29 is 14.3 Å². The second-order valence-corrected chi connectivity index (χ2v) is 5.94. The van der Waals surface area contributed by atoms with E-state index < -0.39 is 17.6 Å². The highest BCUT2D eigenvalue weighted by atomic mass is 16.5. The molecule has 5 unspecified atom stereocenters. The summed E-state index contributed by atoms with van der Waals surface area (Å²) in [7, 11) is 7.68. The predicted molar refractivity (Wildman–Crippen MR) is 69.1 cm³/mol. The van der Waals surface area contributed by atoms with Gasteiger partial charge in [0.2, 0.25) is 5.91 Å². The smallest absolute Gasteiger partial charge is 0.258 e. The number of hydrogen-bond donors (Lipinski definition) is 0. The average Bonchev–Trinajstić information content (AvgIpc) is 2.75. The minimum absolute atomic E-state index is 0.0363. The maximum atomic E-state index is 12.3. The Morgan fingerprint density at radius 3 is 2.63 bits per heavy atom. The van der Waals surface area contributed by atoms with Gasteiger partial charge in [0, 0.05) is 19.1 Å². The van der Waals surface area contributed by atoms with Crippen LogP contribution in [0.25, 0.3) is 0 Å². The fourth-order valence-corrected chi connectivity index (χ4v) is 3.58. The summed E-state index contributed by atoms with van der Waals surface area (Å²) >= 11 is 0. The first kappa shape index (κ1) is 12.9. The zero-order valence-corrected chi connectivity index (χ0v) is 11.6. The van der Waals surface area contributed by atoms with Crippen LogP contribution in [-0.4, -0.2) is 60.3 Å². The number of amides is 2. The van der Waals surface area contributed by atoms with Gasteiger partial charge in [-0.1, -0.05) is 11.6 Å². The number of likely N-dealkylation sites (N-methyl/N-ethyl adjacent to an activating group) is 1. The van der Waals surface area contributed by atoms with Crippen LogP contribution < -0.4 is 0 Å². The summed E-state index contributed by atoms with van der Waals surface area (Å²) in [6.45, 7) is 5.87. The zero-order valence-electron chi connectivity index (χ0n) is 11.6. The van der Waals surface area contributed by atoms with Gasteiger partial charge in [-0.05, 0) is 20.8 Å². The molecule has 0 aromatic heterocycles. The Balaban J connectivity index is 2.08. The Bertz CT molecular complexity index is 506. The van der Waals surface area contributed by atoms with Gasteiger partial charge in [-0.3, -0.25) is 14.5 Å². The first-order chi connectivity index (χ1) is 8.78. The molecule has 3 aliphatic rings. The minimum atomic E-state index is -0.701. The van der Waals surface area contributed by atoms with Crippen molar-refractivity contribution in [1.82, 2.24) is 9.71 Å². The summed E-state index contributed by atoms with van der Waals surface area (Å²) < 4.78 is 5.91. The van der Waals surface area contributed by atoms with Crippen molar-refractivity contribution in [2.45, 2.75) is 44.6 Å². The van der Waals surface area contributed by atoms with E-state index in [0.29, 0.717) is 0 Å². The highest BCUT2D eigenvalue weighted by molar-refractivity contribution is 6.09. The van der Waals surface area contributed by atoms with Crippen LogP contribution in [0.1, 0.15) is 20.8 Å². The Morgan fingerprint density at radius 2 is 2.00 bits per heavy atom. The first-order valence-electron chi connectivity index (χ1n) is 6.49. The van der Waals surface area contributed by atoms with Gasteiger partial charge in [-0.2, -0.15) is 0 Å². The van der Waals surface area contributed by atoms with Crippen molar-refractivity contribution in [2.24, 2.45) is 5.92 Å². The minimum Gasteiger partial charge on any atom is -0.356 e. The van der Waals surface area contributed by atoms with E-state index in [1.165, 1.54) is 7.05 Å². The van der Waals surface area contributed by atoms with Gasteiger partial charge in [0.05, 0.1) is 5.92 Å². The summed E-state index contributed by atoms with van der Waals surface area (Å²) in [5, 5.41) is 0. The molecule has 0 aromatic rings. The normalized spacial score (nSPS) is 46.3. The Hall–Kier alpha value is -1.14. The van der Waals surface area contributed by atoms with Crippen LogP contribution in [0.2, 0.25) is 0 Å². The number of rotatable bonds is 0. The number of likely N-dealkylation sites (tertiary alicyclic amines) is 1. The molecule has 19 heavy (non-hydrogen) atoms. The van der Waals surface area contributed by atoms with E-state index in [1.807, 2.05) is 26.8 Å². The average molecular weight is 260 g/mol. The van der Waals surface area contributed by atoms with E-state index in [2.05, 4.69) is 0 Å². The molecule has 2 fully saturated rings. The third kappa shape index (κ3) is 1.44. The van der Waals surface area contributed by atoms with Crippen molar-refractivity contribution in [3.05, 3.63) is 11.6 Å². The maximum absolute atomic E-state index is 12.3. The van der Waals surface area contributed by atoms with Gasteiger partial charge in [0.1, 0.15) is 5.60 Å². The number of imide groups is 1. The van der Waals surface area contributed by atoms with E-state index in [1.54, 1.807) is 4.81 Å². The fraction of sp³-hybridized carbons (Fsp3) is 0.692. The molecule has 0 aliphatic carbocycles. The molecule has 0 spiro atoms. The second kappa shape index (κ2) is 3.70. The fourth-order valence-electron chi connectivity index (χ4n) is 3.58. The molecule has 2 amide bonds. The topological polar surface area (TPSA) is 49.9 Å². The van der Waals surface area contributed by atoms with Crippen LogP contribution in [-0.2, 0) is 14.3 Å². The highest BCUT2D eigenvalue weighted by Crippen LogP contribution is 2.47. The van der Waals surface area contributed by atoms with E-state index in [4.69, 9.17) is 12.7 Å². The Morgan fingerprint density at radius 1 is 1.37 bits per heavy atom. The van der Waals surface area contributed by atoms with E-state index in [-0.39, 0.29) is 23.9 Å². The predicted octanol–water partition coefficient (Wildman–Crippen LogP) is -0.139. The molecule has 6 heteroatoms. The van der Waals surface area contributed by atoms with Gasteiger partial charge >= 0.3 is 0 Å².